The quantitative estimate of drug-likeness (QED) is 0.665. The van der Waals surface area contributed by atoms with Crippen LogP contribution < -0.4 is 0 Å². The maximum atomic E-state index is 11.0. The lowest BCUT2D eigenvalue weighted by Gasteiger charge is -2.01. The summed E-state index contributed by atoms with van der Waals surface area (Å²) in [6.45, 7) is 3.96. The van der Waals surface area contributed by atoms with Crippen molar-refractivity contribution < 1.29 is 14.7 Å². The number of carbonyl (C=O) groups is 2. The molecule has 0 atom stereocenters. The van der Waals surface area contributed by atoms with E-state index in [0.29, 0.717) is 25.2 Å². The highest BCUT2D eigenvalue weighted by Gasteiger charge is 2.05. The summed E-state index contributed by atoms with van der Waals surface area (Å²) in [6, 6.07) is 0. The Labute approximate surface area is 72.8 Å². The summed E-state index contributed by atoms with van der Waals surface area (Å²) < 4.78 is 0. The molecular weight excluding hydrogens is 156 g/mol. The number of rotatable bonds is 6. The molecule has 12 heavy (non-hydrogen) atoms. The third-order valence-electron chi connectivity index (χ3n) is 1.48. The van der Waals surface area contributed by atoms with Gasteiger partial charge in [-0.15, -0.1) is 0 Å². The van der Waals surface area contributed by atoms with Crippen LogP contribution in [0.15, 0.2) is 0 Å². The van der Waals surface area contributed by atoms with Crippen molar-refractivity contribution in [3.05, 3.63) is 0 Å². The van der Waals surface area contributed by atoms with E-state index in [2.05, 4.69) is 0 Å². The van der Waals surface area contributed by atoms with Gasteiger partial charge in [0.1, 0.15) is 5.78 Å². The first kappa shape index (κ1) is 11.1. The second-order valence-electron chi connectivity index (χ2n) is 3.38. The van der Waals surface area contributed by atoms with Crippen LogP contribution in [0.2, 0.25) is 0 Å². The van der Waals surface area contributed by atoms with Crippen molar-refractivity contribution in [2.45, 2.75) is 39.5 Å². The number of carboxylic acids is 1. The fourth-order valence-corrected chi connectivity index (χ4v) is 0.994. The third-order valence-corrected chi connectivity index (χ3v) is 1.48. The van der Waals surface area contributed by atoms with Gasteiger partial charge in [-0.2, -0.15) is 0 Å². The van der Waals surface area contributed by atoms with Crippen molar-refractivity contribution >= 4 is 11.8 Å². The predicted molar refractivity (Wildman–Crippen MR) is 45.9 cm³/mol. The molecule has 0 aliphatic rings. The molecule has 70 valence electrons. The number of carboxylic acid groups (broad SMARTS) is 1. The van der Waals surface area contributed by atoms with Crippen LogP contribution >= 0.6 is 0 Å². The molecule has 3 heteroatoms. The van der Waals surface area contributed by atoms with Gasteiger partial charge in [-0.25, -0.2) is 0 Å². The molecule has 0 aromatic rings. The van der Waals surface area contributed by atoms with Gasteiger partial charge in [0.25, 0.3) is 0 Å². The third kappa shape index (κ3) is 7.25. The molecule has 0 spiro atoms. The van der Waals surface area contributed by atoms with Crippen LogP contribution in [0, 0.1) is 5.92 Å². The standard InChI is InChI=1S/C9H16O3/c1-7(2)6-8(10)4-3-5-9(11)12/h7H,3-6H2,1-2H3,(H,11,12). The number of aliphatic carboxylic acids is 1. The molecule has 0 aromatic carbocycles. The Morgan fingerprint density at radius 1 is 1.25 bits per heavy atom. The number of ketones is 1. The molecule has 0 saturated heterocycles. The normalized spacial score (nSPS) is 10.2. The molecule has 0 rings (SSSR count). The minimum absolute atomic E-state index is 0.101. The lowest BCUT2D eigenvalue weighted by atomic mass is 10.0. The topological polar surface area (TPSA) is 54.4 Å². The smallest absolute Gasteiger partial charge is 0.303 e. The van der Waals surface area contributed by atoms with Gasteiger partial charge < -0.3 is 5.11 Å². The van der Waals surface area contributed by atoms with Gasteiger partial charge in [-0.1, -0.05) is 13.8 Å². The van der Waals surface area contributed by atoms with Gasteiger partial charge in [0.05, 0.1) is 0 Å². The van der Waals surface area contributed by atoms with E-state index in [9.17, 15) is 9.59 Å². The highest BCUT2D eigenvalue weighted by molar-refractivity contribution is 5.79. The van der Waals surface area contributed by atoms with E-state index < -0.39 is 5.97 Å². The zero-order valence-electron chi connectivity index (χ0n) is 7.67. The molecule has 3 nitrogen and oxygen atoms in total. The van der Waals surface area contributed by atoms with Gasteiger partial charge >= 0.3 is 5.97 Å². The van der Waals surface area contributed by atoms with Crippen LogP contribution in [0.5, 0.6) is 0 Å². The number of carbonyl (C=O) groups excluding carboxylic acids is 1. The average Bonchev–Trinajstić information content (AvgIpc) is 1.84. The zero-order valence-corrected chi connectivity index (χ0v) is 7.67. The Hall–Kier alpha value is -0.860. The molecule has 0 bridgehead atoms. The van der Waals surface area contributed by atoms with E-state index in [0.717, 1.165) is 0 Å². The van der Waals surface area contributed by atoms with Crippen molar-refractivity contribution in [1.82, 2.24) is 0 Å². The van der Waals surface area contributed by atoms with Crippen LogP contribution in [-0.4, -0.2) is 16.9 Å². The molecule has 0 aromatic heterocycles. The van der Waals surface area contributed by atoms with E-state index in [4.69, 9.17) is 5.11 Å². The van der Waals surface area contributed by atoms with Crippen molar-refractivity contribution in [3.63, 3.8) is 0 Å². The lowest BCUT2D eigenvalue weighted by Crippen LogP contribution is -2.04. The van der Waals surface area contributed by atoms with E-state index >= 15 is 0 Å². The van der Waals surface area contributed by atoms with Crippen molar-refractivity contribution in [3.8, 4) is 0 Å². The summed E-state index contributed by atoms with van der Waals surface area (Å²) in [4.78, 5) is 21.1. The highest BCUT2D eigenvalue weighted by atomic mass is 16.4. The molecular formula is C9H16O3. The first-order valence-corrected chi connectivity index (χ1v) is 4.26. The summed E-state index contributed by atoms with van der Waals surface area (Å²) in [5, 5.41) is 8.30. The van der Waals surface area contributed by atoms with Gasteiger partial charge in [0, 0.05) is 19.3 Å². The monoisotopic (exact) mass is 172 g/mol. The minimum Gasteiger partial charge on any atom is -0.481 e. The molecule has 1 N–H and O–H groups in total. The summed E-state index contributed by atoms with van der Waals surface area (Å²) in [5.41, 5.74) is 0. The molecule has 0 unspecified atom stereocenters. The van der Waals surface area contributed by atoms with Crippen LogP contribution in [0.4, 0.5) is 0 Å². The first-order valence-electron chi connectivity index (χ1n) is 4.26. The van der Waals surface area contributed by atoms with Crippen molar-refractivity contribution in [1.29, 1.82) is 0 Å². The number of hydrogen-bond acceptors (Lipinski definition) is 2. The summed E-state index contributed by atoms with van der Waals surface area (Å²) in [6.07, 6.45) is 1.55. The van der Waals surface area contributed by atoms with Gasteiger partial charge in [-0.05, 0) is 12.3 Å². The number of hydrogen-bond donors (Lipinski definition) is 1. The second-order valence-corrected chi connectivity index (χ2v) is 3.38. The summed E-state index contributed by atoms with van der Waals surface area (Å²) >= 11 is 0. The maximum absolute atomic E-state index is 11.0. The van der Waals surface area contributed by atoms with E-state index in [1.165, 1.54) is 0 Å². The second kappa shape index (κ2) is 5.75. The molecule has 0 fully saturated rings. The molecule has 0 aliphatic heterocycles. The zero-order chi connectivity index (χ0) is 9.56. The van der Waals surface area contributed by atoms with Crippen molar-refractivity contribution in [2.75, 3.05) is 0 Å². The van der Waals surface area contributed by atoms with E-state index in [-0.39, 0.29) is 12.2 Å². The SMILES string of the molecule is CC(C)CC(=O)CCCC(=O)O. The fraction of sp³-hybridized carbons (Fsp3) is 0.778. The number of Topliss-reactive ketones (excluding diaryl/α,β-unsaturated/α-hetero) is 1. The summed E-state index contributed by atoms with van der Waals surface area (Å²) in [7, 11) is 0. The van der Waals surface area contributed by atoms with Crippen molar-refractivity contribution in [2.24, 2.45) is 5.92 Å². The fourth-order valence-electron chi connectivity index (χ4n) is 0.994. The van der Waals surface area contributed by atoms with Crippen LogP contribution in [0.3, 0.4) is 0 Å². The van der Waals surface area contributed by atoms with Crippen LogP contribution in [0.25, 0.3) is 0 Å². The van der Waals surface area contributed by atoms with Crippen LogP contribution in [-0.2, 0) is 9.59 Å². The molecule has 0 aliphatic carbocycles. The molecule has 0 radical (unpaired) electrons. The lowest BCUT2D eigenvalue weighted by molar-refractivity contribution is -0.137. The predicted octanol–water partition coefficient (Wildman–Crippen LogP) is 1.86. The average molecular weight is 172 g/mol. The molecule has 0 amide bonds. The Kier molecular flexibility index (Phi) is 5.34. The van der Waals surface area contributed by atoms with Crippen LogP contribution in [0.1, 0.15) is 39.5 Å². The largest absolute Gasteiger partial charge is 0.481 e. The maximum Gasteiger partial charge on any atom is 0.303 e. The Morgan fingerprint density at radius 2 is 1.83 bits per heavy atom. The Bertz CT molecular complexity index is 161. The Balaban J connectivity index is 3.38. The first-order chi connectivity index (χ1) is 5.52. The minimum atomic E-state index is -0.827. The molecule has 0 saturated carbocycles. The summed E-state index contributed by atoms with van der Waals surface area (Å²) in [5.74, 6) is -0.277. The Morgan fingerprint density at radius 3 is 2.25 bits per heavy atom. The van der Waals surface area contributed by atoms with Gasteiger partial charge in [0.2, 0.25) is 0 Å². The van der Waals surface area contributed by atoms with Gasteiger partial charge in [0.15, 0.2) is 0 Å². The highest BCUT2D eigenvalue weighted by Crippen LogP contribution is 2.05. The van der Waals surface area contributed by atoms with Gasteiger partial charge in [-0.3, -0.25) is 9.59 Å². The van der Waals surface area contributed by atoms with E-state index in [1.807, 2.05) is 13.8 Å². The molecule has 0 heterocycles. The van der Waals surface area contributed by atoms with E-state index in [1.54, 1.807) is 0 Å².